The molecule has 0 unspecified atom stereocenters. The number of sulfonamides is 1. The smallest absolute Gasteiger partial charge is 0.263 e. The van der Waals surface area contributed by atoms with Crippen LogP contribution in [0.5, 0.6) is 0 Å². The average Bonchev–Trinajstić information content (AvgIpc) is 2.84. The van der Waals surface area contributed by atoms with Crippen molar-refractivity contribution in [2.75, 3.05) is 4.72 Å². The number of halogens is 2. The zero-order valence-electron chi connectivity index (χ0n) is 17.7. The van der Waals surface area contributed by atoms with E-state index in [0.29, 0.717) is 5.69 Å². The van der Waals surface area contributed by atoms with Crippen LogP contribution in [0.4, 0.5) is 5.69 Å². The van der Waals surface area contributed by atoms with Crippen LogP contribution in [-0.4, -0.2) is 13.4 Å². The van der Waals surface area contributed by atoms with Crippen molar-refractivity contribution in [3.05, 3.63) is 112 Å². The number of fused-ring (bicyclic) bond motifs is 2. The molecule has 1 aromatic heterocycles. The van der Waals surface area contributed by atoms with Gasteiger partial charge in [-0.25, -0.2) is 13.4 Å². The van der Waals surface area contributed by atoms with Crippen molar-refractivity contribution in [3.63, 3.8) is 0 Å². The number of pyridine rings is 1. The number of para-hydroxylation sites is 1. The van der Waals surface area contributed by atoms with Gasteiger partial charge < -0.3 is 0 Å². The van der Waals surface area contributed by atoms with Crippen LogP contribution in [0.1, 0.15) is 11.1 Å². The summed E-state index contributed by atoms with van der Waals surface area (Å²) in [6, 6.07) is 27.5. The Balaban J connectivity index is 1.64. The Hall–Kier alpha value is -3.38. The van der Waals surface area contributed by atoms with Crippen LogP contribution >= 0.6 is 23.2 Å². The lowest BCUT2D eigenvalue weighted by Gasteiger charge is -2.12. The Bertz CT molecular complexity index is 1670. The molecule has 0 aliphatic rings. The molecule has 0 aliphatic carbocycles. The summed E-state index contributed by atoms with van der Waals surface area (Å²) in [5.74, 6) is 0. The Morgan fingerprint density at radius 2 is 1.47 bits per heavy atom. The van der Waals surface area contributed by atoms with E-state index in [4.69, 9.17) is 28.2 Å². The van der Waals surface area contributed by atoms with E-state index in [1.54, 1.807) is 24.3 Å². The maximum absolute atomic E-state index is 13.0. The van der Waals surface area contributed by atoms with Crippen molar-refractivity contribution in [3.8, 4) is 0 Å². The highest BCUT2D eigenvalue weighted by atomic mass is 35.5. The van der Waals surface area contributed by atoms with Gasteiger partial charge in [0.25, 0.3) is 10.0 Å². The molecule has 168 valence electrons. The Kier molecular flexibility index (Phi) is 6.00. The second kappa shape index (κ2) is 9.11. The molecule has 0 radical (unpaired) electrons. The third-order valence-corrected chi connectivity index (χ3v) is 7.50. The summed E-state index contributed by atoms with van der Waals surface area (Å²) >= 11 is 12.1. The molecule has 0 aliphatic heterocycles. The monoisotopic (exact) mass is 504 g/mol. The third-order valence-electron chi connectivity index (χ3n) is 5.40. The third kappa shape index (κ3) is 4.50. The first-order valence-electron chi connectivity index (χ1n) is 10.4. The summed E-state index contributed by atoms with van der Waals surface area (Å²) in [6.07, 6.45) is 4.07. The van der Waals surface area contributed by atoms with Crippen molar-refractivity contribution >= 4 is 72.9 Å². The summed E-state index contributed by atoms with van der Waals surface area (Å²) in [5, 5.41) is 2.17. The molecule has 1 N–H and O–H groups in total. The first-order valence-corrected chi connectivity index (χ1v) is 12.7. The molecule has 0 saturated carbocycles. The molecule has 0 bridgehead atoms. The van der Waals surface area contributed by atoms with Gasteiger partial charge in [0.15, 0.2) is 0 Å². The Labute approximate surface area is 207 Å². The van der Waals surface area contributed by atoms with E-state index < -0.39 is 10.0 Å². The van der Waals surface area contributed by atoms with E-state index in [9.17, 15) is 8.42 Å². The fraction of sp³-hybridized carbons (Fsp3) is 0. The normalized spacial score (nSPS) is 11.9. The molecule has 34 heavy (non-hydrogen) atoms. The maximum atomic E-state index is 13.0. The van der Waals surface area contributed by atoms with Gasteiger partial charge in [-0.1, -0.05) is 83.9 Å². The number of benzene rings is 4. The van der Waals surface area contributed by atoms with Crippen LogP contribution in [0.15, 0.2) is 95.9 Å². The van der Waals surface area contributed by atoms with E-state index in [1.807, 2.05) is 66.7 Å². The number of hydrogen-bond acceptors (Lipinski definition) is 3. The predicted octanol–water partition coefficient (Wildman–Crippen LogP) is 7.67. The van der Waals surface area contributed by atoms with Crippen LogP contribution < -0.4 is 4.72 Å². The van der Waals surface area contributed by atoms with Crippen LogP contribution in [0.25, 0.3) is 34.0 Å². The van der Waals surface area contributed by atoms with Crippen molar-refractivity contribution in [2.45, 2.75) is 4.90 Å². The average molecular weight is 505 g/mol. The molecule has 0 fully saturated rings. The van der Waals surface area contributed by atoms with Gasteiger partial charge in [0.1, 0.15) is 4.90 Å². The molecule has 5 aromatic rings. The van der Waals surface area contributed by atoms with E-state index in [0.717, 1.165) is 32.9 Å². The first-order chi connectivity index (χ1) is 16.4. The first kappa shape index (κ1) is 22.4. The lowest BCUT2D eigenvalue weighted by Crippen LogP contribution is -2.13. The minimum absolute atomic E-state index is 0.0809. The number of anilines is 1. The molecule has 4 nitrogen and oxygen atoms in total. The Morgan fingerprint density at radius 1 is 0.735 bits per heavy atom. The van der Waals surface area contributed by atoms with E-state index >= 15 is 0 Å². The molecular weight excluding hydrogens is 487 g/mol. The minimum atomic E-state index is -3.95. The summed E-state index contributed by atoms with van der Waals surface area (Å²) in [7, 11) is -3.95. The topological polar surface area (TPSA) is 59.1 Å². The fourth-order valence-corrected chi connectivity index (χ4v) is 5.62. The summed E-state index contributed by atoms with van der Waals surface area (Å²) in [6.45, 7) is 0. The van der Waals surface area contributed by atoms with Gasteiger partial charge in [0.2, 0.25) is 0 Å². The quantitative estimate of drug-likeness (QED) is 0.250. The van der Waals surface area contributed by atoms with Crippen LogP contribution in [0, 0.1) is 0 Å². The lowest BCUT2D eigenvalue weighted by atomic mass is 10.0. The van der Waals surface area contributed by atoms with Crippen molar-refractivity contribution in [1.82, 2.24) is 4.98 Å². The number of nitrogens with zero attached hydrogens (tertiary/aromatic N) is 1. The molecule has 7 heteroatoms. The Morgan fingerprint density at radius 3 is 2.29 bits per heavy atom. The zero-order chi connectivity index (χ0) is 23.7. The highest BCUT2D eigenvalue weighted by Gasteiger charge is 2.19. The maximum Gasteiger partial charge on any atom is 0.263 e. The second-order valence-electron chi connectivity index (χ2n) is 7.70. The summed E-state index contributed by atoms with van der Waals surface area (Å²) in [4.78, 5) is 4.68. The molecule has 0 spiro atoms. The predicted molar refractivity (Wildman–Crippen MR) is 142 cm³/mol. The summed E-state index contributed by atoms with van der Waals surface area (Å²) in [5.41, 5.74) is 4.03. The van der Waals surface area contributed by atoms with Gasteiger partial charge in [-0.15, -0.1) is 0 Å². The van der Waals surface area contributed by atoms with Crippen LogP contribution in [-0.2, 0) is 10.0 Å². The molecular formula is C27H18Cl2N2O2S. The van der Waals surface area contributed by atoms with Crippen LogP contribution in [0.3, 0.4) is 0 Å². The number of aromatic nitrogens is 1. The molecule has 5 rings (SSSR count). The number of nitrogens with one attached hydrogen (secondary N) is 1. The highest BCUT2D eigenvalue weighted by Crippen LogP contribution is 2.32. The molecule has 1 heterocycles. The van der Waals surface area contributed by atoms with Gasteiger partial charge in [-0.05, 0) is 53.6 Å². The van der Waals surface area contributed by atoms with Crippen molar-refractivity contribution < 1.29 is 8.42 Å². The van der Waals surface area contributed by atoms with Crippen molar-refractivity contribution in [2.24, 2.45) is 0 Å². The van der Waals surface area contributed by atoms with Crippen molar-refractivity contribution in [1.29, 1.82) is 0 Å². The largest absolute Gasteiger partial charge is 0.280 e. The van der Waals surface area contributed by atoms with Gasteiger partial charge in [-0.3, -0.25) is 4.72 Å². The molecule has 0 atom stereocenters. The zero-order valence-corrected chi connectivity index (χ0v) is 20.1. The van der Waals surface area contributed by atoms with Gasteiger partial charge in [0, 0.05) is 21.5 Å². The van der Waals surface area contributed by atoms with E-state index in [-0.39, 0.29) is 14.9 Å². The molecule has 4 aromatic carbocycles. The number of rotatable bonds is 5. The van der Waals surface area contributed by atoms with E-state index in [2.05, 4.69) is 4.72 Å². The van der Waals surface area contributed by atoms with E-state index in [1.165, 1.54) is 12.1 Å². The SMILES string of the molecule is O=S(=O)(Nc1ccc2nc3ccccc3c(C=Cc3ccccc3)c2c1)c1cc(Cl)ccc1Cl. The molecule has 0 amide bonds. The van der Waals surface area contributed by atoms with Gasteiger partial charge in [0.05, 0.1) is 16.1 Å². The second-order valence-corrected chi connectivity index (χ2v) is 10.2. The highest BCUT2D eigenvalue weighted by molar-refractivity contribution is 7.92. The standard InChI is InChI=1S/C27H18Cl2N2O2S/c28-19-11-14-24(29)27(16-19)34(32,33)31-20-12-15-26-23(17-20)21(13-10-18-6-2-1-3-7-18)22-8-4-5-9-25(22)30-26/h1-17,31H. The lowest BCUT2D eigenvalue weighted by molar-refractivity contribution is 0.601. The van der Waals surface area contributed by atoms with Gasteiger partial charge >= 0.3 is 0 Å². The number of hydrogen-bond donors (Lipinski definition) is 1. The molecule has 0 saturated heterocycles. The van der Waals surface area contributed by atoms with Crippen LogP contribution in [0.2, 0.25) is 10.0 Å². The summed E-state index contributed by atoms with van der Waals surface area (Å²) < 4.78 is 28.7. The fourth-order valence-electron chi connectivity index (χ4n) is 3.80. The van der Waals surface area contributed by atoms with Gasteiger partial charge in [-0.2, -0.15) is 0 Å². The minimum Gasteiger partial charge on any atom is -0.280 e.